The minimum atomic E-state index is -1.38. The van der Waals surface area contributed by atoms with Gasteiger partial charge in [0.1, 0.15) is 0 Å². The van der Waals surface area contributed by atoms with Gasteiger partial charge in [-0.15, -0.1) is 0 Å². The molecule has 0 bridgehead atoms. The number of hydrogen-bond acceptors (Lipinski definition) is 3. The smallest absolute Gasteiger partial charge is 0.423 e. The molecule has 0 heterocycles. The first kappa shape index (κ1) is 12.1. The van der Waals surface area contributed by atoms with Crippen molar-refractivity contribution in [3.8, 4) is 0 Å². The third kappa shape index (κ3) is 4.36. The fourth-order valence-corrected chi connectivity index (χ4v) is 1.28. The molecule has 0 aliphatic rings. The molecule has 4 heteroatoms. The SMILES string of the molecule is CC(C)CCNc1ccc(B(O)O)cc1. The Balaban J connectivity index is 2.43. The van der Waals surface area contributed by atoms with Crippen molar-refractivity contribution in [3.63, 3.8) is 0 Å². The van der Waals surface area contributed by atoms with Crippen molar-refractivity contribution in [2.45, 2.75) is 20.3 Å². The molecule has 1 aromatic rings. The lowest BCUT2D eigenvalue weighted by molar-refractivity contribution is 0.426. The van der Waals surface area contributed by atoms with Crippen molar-refractivity contribution in [2.75, 3.05) is 11.9 Å². The maximum Gasteiger partial charge on any atom is 0.488 e. The van der Waals surface area contributed by atoms with Crippen LogP contribution in [0.25, 0.3) is 0 Å². The average molecular weight is 207 g/mol. The van der Waals surface area contributed by atoms with Gasteiger partial charge in [-0.25, -0.2) is 0 Å². The van der Waals surface area contributed by atoms with Gasteiger partial charge in [-0.3, -0.25) is 0 Å². The highest BCUT2D eigenvalue weighted by Crippen LogP contribution is 2.06. The van der Waals surface area contributed by atoms with Gasteiger partial charge in [0, 0.05) is 12.2 Å². The lowest BCUT2D eigenvalue weighted by Gasteiger charge is -2.08. The lowest BCUT2D eigenvalue weighted by Crippen LogP contribution is -2.29. The molecule has 0 saturated carbocycles. The second-order valence-corrected chi connectivity index (χ2v) is 4.10. The van der Waals surface area contributed by atoms with E-state index in [2.05, 4.69) is 19.2 Å². The van der Waals surface area contributed by atoms with Crippen LogP contribution in [0.1, 0.15) is 20.3 Å². The van der Waals surface area contributed by atoms with Crippen molar-refractivity contribution in [1.29, 1.82) is 0 Å². The van der Waals surface area contributed by atoms with Crippen LogP contribution in [-0.4, -0.2) is 23.7 Å². The Kier molecular flexibility index (Phi) is 4.65. The van der Waals surface area contributed by atoms with Crippen LogP contribution in [-0.2, 0) is 0 Å². The summed E-state index contributed by atoms with van der Waals surface area (Å²) in [5.41, 5.74) is 1.53. The molecule has 0 fully saturated rings. The predicted molar refractivity (Wildman–Crippen MR) is 64.2 cm³/mol. The molecule has 82 valence electrons. The zero-order valence-corrected chi connectivity index (χ0v) is 9.27. The molecule has 3 nitrogen and oxygen atoms in total. The van der Waals surface area contributed by atoms with E-state index in [1.165, 1.54) is 0 Å². The lowest BCUT2D eigenvalue weighted by atomic mass is 9.80. The summed E-state index contributed by atoms with van der Waals surface area (Å²) in [5, 5.41) is 21.1. The molecular formula is C11H18BNO2. The molecule has 0 aliphatic carbocycles. The van der Waals surface area contributed by atoms with Gasteiger partial charge in [-0.05, 0) is 29.9 Å². The van der Waals surface area contributed by atoms with E-state index in [1.54, 1.807) is 12.1 Å². The maximum atomic E-state index is 8.90. The van der Waals surface area contributed by atoms with E-state index < -0.39 is 7.12 Å². The molecule has 0 atom stereocenters. The quantitative estimate of drug-likeness (QED) is 0.626. The minimum Gasteiger partial charge on any atom is -0.423 e. The Labute approximate surface area is 91.3 Å². The second-order valence-electron chi connectivity index (χ2n) is 4.10. The van der Waals surface area contributed by atoms with Crippen LogP contribution in [0, 0.1) is 5.92 Å². The molecule has 0 spiro atoms. The molecule has 0 saturated heterocycles. The first-order valence-corrected chi connectivity index (χ1v) is 5.29. The summed E-state index contributed by atoms with van der Waals surface area (Å²) in [7, 11) is -1.38. The van der Waals surface area contributed by atoms with E-state index in [4.69, 9.17) is 10.0 Å². The Hall–Kier alpha value is -0.995. The normalized spacial score (nSPS) is 10.5. The first-order chi connectivity index (χ1) is 7.09. The van der Waals surface area contributed by atoms with E-state index in [0.717, 1.165) is 18.7 Å². The molecule has 0 aliphatic heterocycles. The molecule has 15 heavy (non-hydrogen) atoms. The second kappa shape index (κ2) is 5.78. The predicted octanol–water partition coefficient (Wildman–Crippen LogP) is 0.824. The van der Waals surface area contributed by atoms with E-state index in [1.807, 2.05) is 12.1 Å². The van der Waals surface area contributed by atoms with Gasteiger partial charge in [0.25, 0.3) is 0 Å². The number of anilines is 1. The number of rotatable bonds is 5. The van der Waals surface area contributed by atoms with Gasteiger partial charge in [-0.2, -0.15) is 0 Å². The topological polar surface area (TPSA) is 52.5 Å². The van der Waals surface area contributed by atoms with Crippen LogP contribution in [0.3, 0.4) is 0 Å². The number of hydrogen-bond donors (Lipinski definition) is 3. The molecule has 0 aromatic heterocycles. The summed E-state index contributed by atoms with van der Waals surface area (Å²) in [4.78, 5) is 0. The van der Waals surface area contributed by atoms with Crippen LogP contribution >= 0.6 is 0 Å². The van der Waals surface area contributed by atoms with E-state index in [0.29, 0.717) is 11.4 Å². The molecule has 1 aromatic carbocycles. The first-order valence-electron chi connectivity index (χ1n) is 5.29. The summed E-state index contributed by atoms with van der Waals surface area (Å²) >= 11 is 0. The summed E-state index contributed by atoms with van der Waals surface area (Å²) in [5.74, 6) is 0.691. The van der Waals surface area contributed by atoms with Crippen LogP contribution in [0.2, 0.25) is 0 Å². The van der Waals surface area contributed by atoms with Gasteiger partial charge in [0.05, 0.1) is 0 Å². The molecule has 1 rings (SSSR count). The van der Waals surface area contributed by atoms with Gasteiger partial charge in [0.2, 0.25) is 0 Å². The fraction of sp³-hybridized carbons (Fsp3) is 0.455. The van der Waals surface area contributed by atoms with Crippen LogP contribution in [0.5, 0.6) is 0 Å². The fourth-order valence-electron chi connectivity index (χ4n) is 1.28. The Morgan fingerprint density at radius 3 is 2.27 bits per heavy atom. The summed E-state index contributed by atoms with van der Waals surface area (Å²) in [6.45, 7) is 5.32. The van der Waals surface area contributed by atoms with Gasteiger partial charge >= 0.3 is 7.12 Å². The minimum absolute atomic E-state index is 0.518. The van der Waals surface area contributed by atoms with E-state index >= 15 is 0 Å². The van der Waals surface area contributed by atoms with E-state index in [9.17, 15) is 0 Å². The highest BCUT2D eigenvalue weighted by molar-refractivity contribution is 6.58. The summed E-state index contributed by atoms with van der Waals surface area (Å²) < 4.78 is 0. The van der Waals surface area contributed by atoms with Crippen molar-refractivity contribution in [2.24, 2.45) is 5.92 Å². The zero-order valence-electron chi connectivity index (χ0n) is 9.27. The third-order valence-corrected chi connectivity index (χ3v) is 2.26. The zero-order chi connectivity index (χ0) is 11.3. The van der Waals surface area contributed by atoms with Crippen molar-refractivity contribution >= 4 is 18.3 Å². The average Bonchev–Trinajstić information content (AvgIpc) is 2.18. The van der Waals surface area contributed by atoms with Crippen molar-refractivity contribution in [3.05, 3.63) is 24.3 Å². The van der Waals surface area contributed by atoms with Gasteiger partial charge in [-0.1, -0.05) is 26.0 Å². The van der Waals surface area contributed by atoms with E-state index in [-0.39, 0.29) is 0 Å². The number of benzene rings is 1. The van der Waals surface area contributed by atoms with Gasteiger partial charge in [0.15, 0.2) is 0 Å². The van der Waals surface area contributed by atoms with Crippen molar-refractivity contribution < 1.29 is 10.0 Å². The largest absolute Gasteiger partial charge is 0.488 e. The Bertz CT molecular complexity index is 285. The summed E-state index contributed by atoms with van der Waals surface area (Å²) in [6, 6.07) is 7.13. The molecule has 0 unspecified atom stereocenters. The van der Waals surface area contributed by atoms with Crippen LogP contribution in [0.4, 0.5) is 5.69 Å². The van der Waals surface area contributed by atoms with Crippen LogP contribution < -0.4 is 10.8 Å². The number of nitrogens with one attached hydrogen (secondary N) is 1. The molecule has 3 N–H and O–H groups in total. The molecular weight excluding hydrogens is 189 g/mol. The monoisotopic (exact) mass is 207 g/mol. The van der Waals surface area contributed by atoms with Crippen LogP contribution in [0.15, 0.2) is 24.3 Å². The molecule has 0 amide bonds. The standard InChI is InChI=1S/C11H18BNO2/c1-9(2)7-8-13-11-5-3-10(4-6-11)12(14)15/h3-6,9,13-15H,7-8H2,1-2H3. The molecule has 0 radical (unpaired) electrons. The maximum absolute atomic E-state index is 8.90. The van der Waals surface area contributed by atoms with Crippen molar-refractivity contribution in [1.82, 2.24) is 0 Å². The highest BCUT2D eigenvalue weighted by atomic mass is 16.4. The highest BCUT2D eigenvalue weighted by Gasteiger charge is 2.09. The van der Waals surface area contributed by atoms with Gasteiger partial charge < -0.3 is 15.4 Å². The third-order valence-electron chi connectivity index (χ3n) is 2.26. The summed E-state index contributed by atoms with van der Waals surface area (Å²) in [6.07, 6.45) is 1.13. The Morgan fingerprint density at radius 1 is 1.20 bits per heavy atom. The Morgan fingerprint density at radius 2 is 1.80 bits per heavy atom.